The summed E-state index contributed by atoms with van der Waals surface area (Å²) in [6, 6.07) is 3.27. The van der Waals surface area contributed by atoms with Crippen LogP contribution in [0.1, 0.15) is 35.4 Å². The van der Waals surface area contributed by atoms with Crippen molar-refractivity contribution < 1.29 is 37.0 Å². The zero-order chi connectivity index (χ0) is 21.8. The van der Waals surface area contributed by atoms with Crippen LogP contribution in [0, 0.1) is 0 Å². The number of carbonyl (C=O) groups excluding carboxylic acids is 1. The zero-order valence-corrected chi connectivity index (χ0v) is 16.7. The van der Waals surface area contributed by atoms with E-state index in [2.05, 4.69) is 5.32 Å². The molecule has 31 heavy (non-hydrogen) atoms. The number of alkyl halides is 3. The third-order valence-corrected chi connectivity index (χ3v) is 6.20. The fraction of sp³-hybridized carbons (Fsp3) is 0.571. The van der Waals surface area contributed by atoms with Crippen molar-refractivity contribution in [1.82, 2.24) is 5.32 Å². The quantitative estimate of drug-likeness (QED) is 0.761. The van der Waals surface area contributed by atoms with Crippen molar-refractivity contribution in [2.45, 2.75) is 43.2 Å². The van der Waals surface area contributed by atoms with Gasteiger partial charge in [-0.3, -0.25) is 4.79 Å². The van der Waals surface area contributed by atoms with Gasteiger partial charge >= 0.3 is 6.18 Å². The van der Waals surface area contributed by atoms with Crippen molar-refractivity contribution >= 4 is 22.6 Å². The highest BCUT2D eigenvalue weighted by atomic mass is 19.4. The van der Waals surface area contributed by atoms with E-state index in [9.17, 15) is 18.0 Å². The Morgan fingerprint density at radius 2 is 1.94 bits per heavy atom. The van der Waals surface area contributed by atoms with Gasteiger partial charge in [0.2, 0.25) is 5.76 Å². The predicted molar refractivity (Wildman–Crippen MR) is 104 cm³/mol. The Morgan fingerprint density at radius 1 is 1.19 bits per heavy atom. The highest BCUT2D eigenvalue weighted by Gasteiger charge is 2.49. The minimum atomic E-state index is -4.50. The Labute approximate surface area is 176 Å². The molecule has 1 aromatic heterocycles. The van der Waals surface area contributed by atoms with E-state index in [4.69, 9.17) is 19.0 Å². The van der Waals surface area contributed by atoms with Crippen LogP contribution in [0.25, 0.3) is 11.0 Å². The summed E-state index contributed by atoms with van der Waals surface area (Å²) in [6.07, 6.45) is -2.84. The first-order valence-corrected chi connectivity index (χ1v) is 10.3. The lowest BCUT2D eigenvalue weighted by atomic mass is 10.1. The fourth-order valence-electron chi connectivity index (χ4n) is 4.29. The molecule has 0 radical (unpaired) electrons. The van der Waals surface area contributed by atoms with Crippen LogP contribution in [0.15, 0.2) is 22.6 Å². The second-order valence-electron chi connectivity index (χ2n) is 8.53. The Morgan fingerprint density at radius 3 is 2.58 bits per heavy atom. The van der Waals surface area contributed by atoms with Crippen LogP contribution in [0.3, 0.4) is 0 Å². The third kappa shape index (κ3) is 3.88. The Hall–Kier alpha value is -2.30. The molecular weight excluding hydrogens is 417 g/mol. The Bertz CT molecular complexity index is 993. The molecule has 2 aliphatic heterocycles. The molecule has 7 nitrogen and oxygen atoms in total. The Balaban J connectivity index is 1.47. The van der Waals surface area contributed by atoms with Crippen LogP contribution < -0.4 is 10.2 Å². The van der Waals surface area contributed by atoms with Crippen LogP contribution in [0.2, 0.25) is 0 Å². The van der Waals surface area contributed by atoms with Crippen molar-refractivity contribution in [2.75, 3.05) is 37.8 Å². The van der Waals surface area contributed by atoms with Crippen LogP contribution in [-0.2, 0) is 15.7 Å². The summed E-state index contributed by atoms with van der Waals surface area (Å²) in [4.78, 5) is 14.7. The van der Waals surface area contributed by atoms with E-state index < -0.39 is 17.6 Å². The van der Waals surface area contributed by atoms with Crippen molar-refractivity contribution in [1.29, 1.82) is 0 Å². The first-order chi connectivity index (χ1) is 14.8. The van der Waals surface area contributed by atoms with Gasteiger partial charge in [0.05, 0.1) is 42.7 Å². The second kappa shape index (κ2) is 7.39. The maximum atomic E-state index is 13.3. The summed E-state index contributed by atoms with van der Waals surface area (Å²) in [5.74, 6) is -0.359. The van der Waals surface area contributed by atoms with E-state index in [1.165, 1.54) is 6.07 Å². The van der Waals surface area contributed by atoms with Gasteiger partial charge in [0.25, 0.3) is 5.91 Å². The first-order valence-electron chi connectivity index (χ1n) is 10.3. The summed E-state index contributed by atoms with van der Waals surface area (Å²) in [6.45, 7) is 1.47. The van der Waals surface area contributed by atoms with Crippen LogP contribution in [-0.4, -0.2) is 61.7 Å². The molecule has 2 N–H and O–H groups in total. The molecule has 2 atom stereocenters. The predicted octanol–water partition coefficient (Wildman–Crippen LogP) is 2.70. The average molecular weight is 440 g/mol. The molecule has 0 bridgehead atoms. The summed E-state index contributed by atoms with van der Waals surface area (Å²) in [7, 11) is 0. The number of halogens is 3. The lowest BCUT2D eigenvalue weighted by Crippen LogP contribution is -2.44. The van der Waals surface area contributed by atoms with Crippen LogP contribution in [0.4, 0.5) is 18.9 Å². The molecule has 1 aromatic carbocycles. The number of benzene rings is 1. The molecule has 3 heterocycles. The monoisotopic (exact) mass is 440 g/mol. The minimum Gasteiger partial charge on any atom is -0.449 e. The van der Waals surface area contributed by atoms with Crippen molar-refractivity contribution in [3.8, 4) is 0 Å². The number of carbonyl (C=O) groups is 1. The van der Waals surface area contributed by atoms with Crippen LogP contribution in [0.5, 0.6) is 0 Å². The molecule has 2 aromatic rings. The number of hydrogen-bond acceptors (Lipinski definition) is 6. The van der Waals surface area contributed by atoms with E-state index in [0.29, 0.717) is 38.4 Å². The summed E-state index contributed by atoms with van der Waals surface area (Å²) >= 11 is 0. The van der Waals surface area contributed by atoms with E-state index in [0.717, 1.165) is 25.0 Å². The van der Waals surface area contributed by atoms with Crippen molar-refractivity contribution in [2.24, 2.45) is 0 Å². The number of aliphatic hydroxyl groups excluding tert-OH is 1. The number of fused-ring (bicyclic) bond motifs is 3. The smallest absolute Gasteiger partial charge is 0.416 e. The maximum Gasteiger partial charge on any atom is 0.416 e. The minimum absolute atomic E-state index is 0.0410. The molecule has 2 fully saturated rings. The average Bonchev–Trinajstić information content (AvgIpc) is 3.40. The number of ether oxygens (including phenoxy) is 2. The van der Waals surface area contributed by atoms with Gasteiger partial charge < -0.3 is 29.2 Å². The highest BCUT2D eigenvalue weighted by molar-refractivity contribution is 6.08. The number of aliphatic hydroxyl groups is 1. The number of rotatable bonds is 4. The zero-order valence-electron chi connectivity index (χ0n) is 16.7. The molecule has 5 rings (SSSR count). The van der Waals surface area contributed by atoms with E-state index in [1.54, 1.807) is 0 Å². The first kappa shape index (κ1) is 20.6. The van der Waals surface area contributed by atoms with E-state index >= 15 is 0 Å². The number of nitrogens with zero attached hydrogens (tertiary/aromatic N) is 1. The van der Waals surface area contributed by atoms with Gasteiger partial charge in [-0.2, -0.15) is 13.2 Å². The van der Waals surface area contributed by atoms with E-state index in [-0.39, 0.29) is 41.1 Å². The van der Waals surface area contributed by atoms with Crippen molar-refractivity contribution in [3.63, 3.8) is 0 Å². The number of hydrogen-bond donors (Lipinski definition) is 2. The lowest BCUT2D eigenvalue weighted by Gasteiger charge is -2.32. The van der Waals surface area contributed by atoms with Gasteiger partial charge in [-0.25, -0.2) is 0 Å². The summed E-state index contributed by atoms with van der Waals surface area (Å²) < 4.78 is 57.0. The molecule has 0 unspecified atom stereocenters. The molecule has 1 amide bonds. The van der Waals surface area contributed by atoms with E-state index in [1.807, 2.05) is 4.90 Å². The third-order valence-electron chi connectivity index (χ3n) is 6.20. The molecule has 1 spiro atoms. The van der Waals surface area contributed by atoms with Gasteiger partial charge in [0.1, 0.15) is 11.7 Å². The van der Waals surface area contributed by atoms with Gasteiger partial charge in [-0.1, -0.05) is 0 Å². The summed E-state index contributed by atoms with van der Waals surface area (Å²) in [5.41, 5.74) is -0.521. The second-order valence-corrected chi connectivity index (χ2v) is 8.53. The highest BCUT2D eigenvalue weighted by Crippen LogP contribution is 2.45. The summed E-state index contributed by atoms with van der Waals surface area (Å²) in [5, 5.41) is 12.4. The Kier molecular flexibility index (Phi) is 4.91. The topological polar surface area (TPSA) is 84.2 Å². The molecule has 3 aliphatic rings. The van der Waals surface area contributed by atoms with Gasteiger partial charge in [0, 0.05) is 18.5 Å². The van der Waals surface area contributed by atoms with Crippen LogP contribution >= 0.6 is 0 Å². The number of furan rings is 1. The van der Waals surface area contributed by atoms with Crippen molar-refractivity contribution in [3.05, 3.63) is 29.5 Å². The number of anilines is 1. The number of nitrogens with one attached hydrogen (secondary N) is 1. The lowest BCUT2D eigenvalue weighted by molar-refractivity contribution is -0.145. The van der Waals surface area contributed by atoms with Gasteiger partial charge in [0.15, 0.2) is 0 Å². The molecule has 10 heteroatoms. The molecule has 1 aliphatic carbocycles. The maximum absolute atomic E-state index is 13.3. The molecule has 168 valence electrons. The molecule has 1 saturated carbocycles. The molecule has 1 saturated heterocycles. The number of amides is 1. The van der Waals surface area contributed by atoms with Gasteiger partial charge in [-0.05, 0) is 37.5 Å². The fourth-order valence-corrected chi connectivity index (χ4v) is 4.29. The SMILES string of the molecule is O=C1NC2(CC2)CN(CC[C@H]2CO[C@@H](CO)CO2)c2c1oc1ccc(C(F)(F)F)cc21. The van der Waals surface area contributed by atoms with Gasteiger partial charge in [-0.15, -0.1) is 0 Å². The normalized spacial score (nSPS) is 25.4. The molecular formula is C21H23F3N2O5. The standard InChI is InChI=1S/C21H23F3N2O5/c22-21(23,24)12-1-2-16-15(7-12)17-18(31-16)19(28)25-20(4-5-20)11-26(17)6-3-13-9-30-14(8-27)10-29-13/h1-2,7,13-14,27H,3-6,8-11H2,(H,25,28)/t13-,14-/m0/s1. The largest absolute Gasteiger partial charge is 0.449 e.